The summed E-state index contributed by atoms with van der Waals surface area (Å²) in [7, 11) is 0. The van der Waals surface area contributed by atoms with Crippen LogP contribution in [-0.2, 0) is 6.42 Å². The van der Waals surface area contributed by atoms with Crippen LogP contribution in [-0.4, -0.2) is 0 Å². The summed E-state index contributed by atoms with van der Waals surface area (Å²) in [5.74, 6) is 0. The normalized spacial score (nSPS) is 12.7. The van der Waals surface area contributed by atoms with Crippen LogP contribution in [0.5, 0.6) is 0 Å². The zero-order valence-electron chi connectivity index (χ0n) is 10.7. The molecule has 2 rings (SSSR count). The van der Waals surface area contributed by atoms with Crippen molar-refractivity contribution in [2.24, 2.45) is 5.73 Å². The Morgan fingerprint density at radius 2 is 1.82 bits per heavy atom. The largest absolute Gasteiger partial charge is 0.324 e. The van der Waals surface area contributed by atoms with Crippen molar-refractivity contribution < 1.29 is 0 Å². The standard InChI is InChI=1S/C15H19NS/c1-10-4-5-13(6-11(10)2)7-15(16)14-9-17-8-12(14)3/h4-6,8-9,15H,7,16H2,1-3H3. The van der Waals surface area contributed by atoms with E-state index in [2.05, 4.69) is 49.7 Å². The first-order valence-electron chi connectivity index (χ1n) is 5.92. The highest BCUT2D eigenvalue weighted by Gasteiger charge is 2.10. The first-order valence-corrected chi connectivity index (χ1v) is 6.86. The molecule has 2 N–H and O–H groups in total. The Labute approximate surface area is 107 Å². The van der Waals surface area contributed by atoms with E-state index in [1.54, 1.807) is 11.3 Å². The maximum absolute atomic E-state index is 6.27. The molecule has 1 unspecified atom stereocenters. The Hall–Kier alpha value is -1.12. The van der Waals surface area contributed by atoms with Gasteiger partial charge in [-0.05, 0) is 65.8 Å². The van der Waals surface area contributed by atoms with E-state index in [1.165, 1.54) is 27.8 Å². The van der Waals surface area contributed by atoms with Crippen molar-refractivity contribution in [1.82, 2.24) is 0 Å². The minimum Gasteiger partial charge on any atom is -0.324 e. The van der Waals surface area contributed by atoms with Crippen LogP contribution < -0.4 is 5.73 Å². The van der Waals surface area contributed by atoms with Crippen LogP contribution in [0.2, 0.25) is 0 Å². The molecule has 2 heteroatoms. The average Bonchev–Trinajstić information content (AvgIpc) is 2.70. The molecule has 0 saturated carbocycles. The molecule has 0 aliphatic carbocycles. The summed E-state index contributed by atoms with van der Waals surface area (Å²) in [6.07, 6.45) is 0.915. The maximum atomic E-state index is 6.27. The molecule has 0 aliphatic heterocycles. The highest BCUT2D eigenvalue weighted by Crippen LogP contribution is 2.23. The van der Waals surface area contributed by atoms with Gasteiger partial charge in [0.15, 0.2) is 0 Å². The predicted octanol–water partition coefficient (Wildman–Crippen LogP) is 3.92. The second-order valence-electron chi connectivity index (χ2n) is 4.74. The van der Waals surface area contributed by atoms with Crippen molar-refractivity contribution in [3.05, 3.63) is 56.8 Å². The lowest BCUT2D eigenvalue weighted by atomic mass is 9.97. The Morgan fingerprint density at radius 1 is 1.06 bits per heavy atom. The van der Waals surface area contributed by atoms with E-state index >= 15 is 0 Å². The van der Waals surface area contributed by atoms with E-state index in [-0.39, 0.29) is 6.04 Å². The fourth-order valence-corrected chi connectivity index (χ4v) is 2.96. The summed E-state index contributed by atoms with van der Waals surface area (Å²) in [5, 5.41) is 4.33. The van der Waals surface area contributed by atoms with Crippen molar-refractivity contribution in [2.75, 3.05) is 0 Å². The second kappa shape index (κ2) is 5.03. The van der Waals surface area contributed by atoms with Gasteiger partial charge in [-0.15, -0.1) is 0 Å². The Morgan fingerprint density at radius 3 is 2.41 bits per heavy atom. The van der Waals surface area contributed by atoms with E-state index in [9.17, 15) is 0 Å². The molecule has 2 aromatic rings. The summed E-state index contributed by atoms with van der Waals surface area (Å²) in [4.78, 5) is 0. The van der Waals surface area contributed by atoms with Crippen molar-refractivity contribution in [1.29, 1.82) is 0 Å². The SMILES string of the molecule is Cc1ccc(CC(N)c2cscc2C)cc1C. The van der Waals surface area contributed by atoms with Gasteiger partial charge in [-0.3, -0.25) is 0 Å². The highest BCUT2D eigenvalue weighted by atomic mass is 32.1. The number of thiophene rings is 1. The van der Waals surface area contributed by atoms with Crippen LogP contribution in [0.4, 0.5) is 0 Å². The predicted molar refractivity (Wildman–Crippen MR) is 75.6 cm³/mol. The molecule has 1 atom stereocenters. The van der Waals surface area contributed by atoms with Crippen molar-refractivity contribution >= 4 is 11.3 Å². The lowest BCUT2D eigenvalue weighted by molar-refractivity contribution is 0.719. The Balaban J connectivity index is 2.16. The average molecular weight is 245 g/mol. The van der Waals surface area contributed by atoms with Crippen LogP contribution in [0, 0.1) is 20.8 Å². The van der Waals surface area contributed by atoms with Gasteiger partial charge >= 0.3 is 0 Å². The minimum atomic E-state index is 0.114. The van der Waals surface area contributed by atoms with Gasteiger partial charge < -0.3 is 5.73 Å². The number of nitrogens with two attached hydrogens (primary N) is 1. The molecule has 0 spiro atoms. The van der Waals surface area contributed by atoms with E-state index < -0.39 is 0 Å². The van der Waals surface area contributed by atoms with E-state index in [0.29, 0.717) is 0 Å². The van der Waals surface area contributed by atoms with E-state index in [0.717, 1.165) is 6.42 Å². The monoisotopic (exact) mass is 245 g/mol. The molecular formula is C15H19NS. The summed E-state index contributed by atoms with van der Waals surface area (Å²) in [6.45, 7) is 6.42. The lowest BCUT2D eigenvalue weighted by Crippen LogP contribution is -2.13. The highest BCUT2D eigenvalue weighted by molar-refractivity contribution is 7.08. The molecule has 0 radical (unpaired) electrons. The van der Waals surface area contributed by atoms with Crippen LogP contribution in [0.3, 0.4) is 0 Å². The Kier molecular flexibility index (Phi) is 3.65. The molecule has 1 heterocycles. The van der Waals surface area contributed by atoms with Gasteiger partial charge in [0.1, 0.15) is 0 Å². The van der Waals surface area contributed by atoms with Gasteiger partial charge in [0.25, 0.3) is 0 Å². The number of benzene rings is 1. The van der Waals surface area contributed by atoms with E-state index in [4.69, 9.17) is 5.73 Å². The molecule has 90 valence electrons. The number of aryl methyl sites for hydroxylation is 3. The van der Waals surface area contributed by atoms with Gasteiger partial charge in [-0.25, -0.2) is 0 Å². The molecule has 1 aromatic heterocycles. The van der Waals surface area contributed by atoms with Crippen LogP contribution in [0.1, 0.15) is 33.9 Å². The van der Waals surface area contributed by atoms with Gasteiger partial charge in [-0.2, -0.15) is 11.3 Å². The third-order valence-electron chi connectivity index (χ3n) is 3.32. The lowest BCUT2D eigenvalue weighted by Gasteiger charge is -2.13. The molecular weight excluding hydrogens is 226 g/mol. The first kappa shape index (κ1) is 12.3. The summed E-state index contributed by atoms with van der Waals surface area (Å²) < 4.78 is 0. The Bertz CT molecular complexity index is 513. The molecule has 1 nitrogen and oxygen atoms in total. The molecule has 1 aromatic carbocycles. The van der Waals surface area contributed by atoms with Crippen LogP contribution in [0.15, 0.2) is 29.0 Å². The molecule has 0 amide bonds. The molecule has 0 fully saturated rings. The molecule has 17 heavy (non-hydrogen) atoms. The van der Waals surface area contributed by atoms with Gasteiger partial charge in [0, 0.05) is 6.04 Å². The summed E-state index contributed by atoms with van der Waals surface area (Å²) in [5.41, 5.74) is 12.9. The van der Waals surface area contributed by atoms with Crippen molar-refractivity contribution in [2.45, 2.75) is 33.2 Å². The van der Waals surface area contributed by atoms with Crippen LogP contribution >= 0.6 is 11.3 Å². The van der Waals surface area contributed by atoms with Crippen molar-refractivity contribution in [3.8, 4) is 0 Å². The number of rotatable bonds is 3. The summed E-state index contributed by atoms with van der Waals surface area (Å²) in [6, 6.07) is 6.72. The van der Waals surface area contributed by atoms with Crippen LogP contribution in [0.25, 0.3) is 0 Å². The van der Waals surface area contributed by atoms with Gasteiger partial charge in [0.05, 0.1) is 0 Å². The smallest absolute Gasteiger partial charge is 0.0346 e. The third-order valence-corrected chi connectivity index (χ3v) is 4.20. The first-order chi connectivity index (χ1) is 8.08. The summed E-state index contributed by atoms with van der Waals surface area (Å²) >= 11 is 1.73. The van der Waals surface area contributed by atoms with E-state index in [1.807, 2.05) is 0 Å². The zero-order chi connectivity index (χ0) is 12.4. The van der Waals surface area contributed by atoms with Gasteiger partial charge in [0.2, 0.25) is 0 Å². The number of hydrogen-bond donors (Lipinski definition) is 1. The quantitative estimate of drug-likeness (QED) is 0.871. The molecule has 0 saturated heterocycles. The fraction of sp³-hybridized carbons (Fsp3) is 0.333. The third kappa shape index (κ3) is 2.76. The number of hydrogen-bond acceptors (Lipinski definition) is 2. The topological polar surface area (TPSA) is 26.0 Å². The van der Waals surface area contributed by atoms with Crippen molar-refractivity contribution in [3.63, 3.8) is 0 Å². The zero-order valence-corrected chi connectivity index (χ0v) is 11.5. The molecule has 0 bridgehead atoms. The molecule has 0 aliphatic rings. The fourth-order valence-electron chi connectivity index (χ4n) is 2.04. The second-order valence-corrected chi connectivity index (χ2v) is 5.48. The maximum Gasteiger partial charge on any atom is 0.0346 e. The minimum absolute atomic E-state index is 0.114. The van der Waals surface area contributed by atoms with Gasteiger partial charge in [-0.1, -0.05) is 18.2 Å².